The van der Waals surface area contributed by atoms with Gasteiger partial charge >= 0.3 is 0 Å². The molecule has 1 heterocycles. The number of fused-ring (bicyclic) bond motifs is 3. The third-order valence-corrected chi connectivity index (χ3v) is 11.3. The van der Waals surface area contributed by atoms with Gasteiger partial charge in [0.25, 0.3) is 0 Å². The van der Waals surface area contributed by atoms with E-state index in [1.54, 1.807) is 0 Å². The average molecular weight is 730 g/mol. The van der Waals surface area contributed by atoms with Gasteiger partial charge in [0.15, 0.2) is 0 Å². The molecule has 0 aliphatic heterocycles. The minimum absolute atomic E-state index is 0.530. The Morgan fingerprint density at radius 2 is 0.649 bits per heavy atom. The maximum atomic E-state index is 6.42. The van der Waals surface area contributed by atoms with Crippen molar-refractivity contribution < 1.29 is 4.42 Å². The summed E-state index contributed by atoms with van der Waals surface area (Å²) >= 11 is 0. The number of anilines is 3. The van der Waals surface area contributed by atoms with Crippen molar-refractivity contribution in [1.29, 1.82) is 0 Å². The van der Waals surface area contributed by atoms with Crippen molar-refractivity contribution in [3.05, 3.63) is 259 Å². The summed E-state index contributed by atoms with van der Waals surface area (Å²) in [5.41, 5.74) is 14.0. The molecular weight excluding hydrogens is 691 g/mol. The van der Waals surface area contributed by atoms with Gasteiger partial charge in [-0.1, -0.05) is 188 Å². The highest BCUT2D eigenvalue weighted by molar-refractivity contribution is 6.06. The molecule has 0 spiro atoms. The van der Waals surface area contributed by atoms with Crippen molar-refractivity contribution in [3.8, 4) is 22.3 Å². The van der Waals surface area contributed by atoms with Crippen molar-refractivity contribution in [2.24, 2.45) is 0 Å². The van der Waals surface area contributed by atoms with Crippen LogP contribution in [0.15, 0.2) is 241 Å². The Kier molecular flexibility index (Phi) is 8.78. The van der Waals surface area contributed by atoms with Crippen LogP contribution in [-0.2, 0) is 5.41 Å². The molecule has 2 nitrogen and oxygen atoms in total. The highest BCUT2D eigenvalue weighted by Gasteiger charge is 2.38. The van der Waals surface area contributed by atoms with Crippen LogP contribution in [0.1, 0.15) is 22.3 Å². The van der Waals surface area contributed by atoms with Crippen molar-refractivity contribution in [3.63, 3.8) is 0 Å². The Bertz CT molecular complexity index is 2800. The summed E-state index contributed by atoms with van der Waals surface area (Å²) in [6.45, 7) is 0. The van der Waals surface area contributed by atoms with Crippen LogP contribution in [0.2, 0.25) is 0 Å². The summed E-state index contributed by atoms with van der Waals surface area (Å²) in [5.74, 6) is 0. The van der Waals surface area contributed by atoms with Gasteiger partial charge in [0.05, 0.1) is 5.41 Å². The zero-order chi connectivity index (χ0) is 38.0. The standard InChI is InChI=1S/C55H39NO/c1-5-15-40(16-6-1)41-25-27-42(28-26-41)43-29-33-48(34-30-43)56(50-37-38-52-51-23-13-14-24-53(51)57-54(52)39-50)49-35-31-47(32-36-49)55(44-17-7-2-8-18-44,45-19-9-3-10-20-45)46-21-11-4-12-22-46/h1-39H. The first-order valence-corrected chi connectivity index (χ1v) is 19.5. The molecule has 0 fully saturated rings. The first kappa shape index (κ1) is 34.1. The Balaban J connectivity index is 1.09. The molecule has 0 unspecified atom stereocenters. The van der Waals surface area contributed by atoms with Crippen LogP contribution in [0.4, 0.5) is 17.1 Å². The molecule has 9 aromatic carbocycles. The third-order valence-electron chi connectivity index (χ3n) is 11.3. The van der Waals surface area contributed by atoms with E-state index in [1.807, 2.05) is 12.1 Å². The van der Waals surface area contributed by atoms with E-state index in [1.165, 1.54) is 44.5 Å². The van der Waals surface area contributed by atoms with Crippen LogP contribution >= 0.6 is 0 Å². The van der Waals surface area contributed by atoms with E-state index in [9.17, 15) is 0 Å². The Labute approximate surface area is 333 Å². The predicted molar refractivity (Wildman–Crippen MR) is 238 cm³/mol. The fourth-order valence-electron chi connectivity index (χ4n) is 8.51. The minimum atomic E-state index is -0.530. The van der Waals surface area contributed by atoms with Gasteiger partial charge in [-0.3, -0.25) is 0 Å². The monoisotopic (exact) mass is 729 g/mol. The van der Waals surface area contributed by atoms with Gasteiger partial charge in [-0.25, -0.2) is 0 Å². The van der Waals surface area contributed by atoms with E-state index in [-0.39, 0.29) is 0 Å². The van der Waals surface area contributed by atoms with Crippen molar-refractivity contribution >= 4 is 39.0 Å². The molecule has 0 N–H and O–H groups in total. The first-order valence-electron chi connectivity index (χ1n) is 19.5. The summed E-state index contributed by atoms with van der Waals surface area (Å²) in [6.07, 6.45) is 0. The molecule has 10 rings (SSSR count). The Hall–Kier alpha value is -7.42. The minimum Gasteiger partial charge on any atom is -0.456 e. The fourth-order valence-corrected chi connectivity index (χ4v) is 8.51. The van der Waals surface area contributed by atoms with Crippen molar-refractivity contribution in [2.45, 2.75) is 5.41 Å². The maximum absolute atomic E-state index is 6.42. The van der Waals surface area contributed by atoms with Gasteiger partial charge in [-0.15, -0.1) is 0 Å². The number of nitrogens with zero attached hydrogens (tertiary/aromatic N) is 1. The highest BCUT2D eigenvalue weighted by atomic mass is 16.3. The molecule has 57 heavy (non-hydrogen) atoms. The largest absolute Gasteiger partial charge is 0.456 e. The molecule has 0 aliphatic rings. The number of furan rings is 1. The van der Waals surface area contributed by atoms with Gasteiger partial charge in [0.2, 0.25) is 0 Å². The zero-order valence-electron chi connectivity index (χ0n) is 31.4. The van der Waals surface area contributed by atoms with Gasteiger partial charge in [0.1, 0.15) is 11.2 Å². The Morgan fingerprint density at radius 3 is 1.18 bits per heavy atom. The van der Waals surface area contributed by atoms with E-state index < -0.39 is 5.41 Å². The van der Waals surface area contributed by atoms with Gasteiger partial charge in [-0.05, 0) is 87.0 Å². The second kappa shape index (κ2) is 14.7. The molecule has 0 atom stereocenters. The average Bonchev–Trinajstić information content (AvgIpc) is 3.67. The normalized spacial score (nSPS) is 11.5. The van der Waals surface area contributed by atoms with E-state index in [4.69, 9.17) is 4.42 Å². The topological polar surface area (TPSA) is 16.4 Å². The van der Waals surface area contributed by atoms with Gasteiger partial charge in [-0.2, -0.15) is 0 Å². The van der Waals surface area contributed by atoms with E-state index in [2.05, 4.69) is 229 Å². The predicted octanol–water partition coefficient (Wildman–Crippen LogP) is 14.8. The maximum Gasteiger partial charge on any atom is 0.137 e. The van der Waals surface area contributed by atoms with E-state index in [0.717, 1.165) is 39.0 Å². The lowest BCUT2D eigenvalue weighted by molar-refractivity contribution is 0.669. The van der Waals surface area contributed by atoms with Crippen LogP contribution < -0.4 is 4.90 Å². The molecule has 2 heteroatoms. The summed E-state index contributed by atoms with van der Waals surface area (Å²) in [5, 5.41) is 2.23. The second-order valence-corrected chi connectivity index (χ2v) is 14.5. The zero-order valence-corrected chi connectivity index (χ0v) is 31.4. The van der Waals surface area contributed by atoms with Crippen LogP contribution in [-0.4, -0.2) is 0 Å². The summed E-state index contributed by atoms with van der Waals surface area (Å²) < 4.78 is 6.42. The number of benzene rings is 9. The molecule has 270 valence electrons. The van der Waals surface area contributed by atoms with Crippen LogP contribution in [0.3, 0.4) is 0 Å². The summed E-state index contributed by atoms with van der Waals surface area (Å²) in [4.78, 5) is 2.33. The smallest absolute Gasteiger partial charge is 0.137 e. The SMILES string of the molecule is c1ccc(-c2ccc(-c3ccc(N(c4ccc(C(c5ccccc5)(c5ccccc5)c5ccccc5)cc4)c4ccc5c(c4)oc4ccccc45)cc3)cc2)cc1. The molecule has 0 amide bonds. The van der Waals surface area contributed by atoms with E-state index in [0.29, 0.717) is 0 Å². The molecule has 0 saturated carbocycles. The highest BCUT2D eigenvalue weighted by Crippen LogP contribution is 2.46. The molecule has 0 saturated heterocycles. The molecule has 0 bridgehead atoms. The number of para-hydroxylation sites is 1. The molecule has 0 aliphatic carbocycles. The summed E-state index contributed by atoms with van der Waals surface area (Å²) in [6, 6.07) is 84.8. The molecule has 10 aromatic rings. The first-order chi connectivity index (χ1) is 28.3. The second-order valence-electron chi connectivity index (χ2n) is 14.5. The number of rotatable bonds is 9. The van der Waals surface area contributed by atoms with Crippen LogP contribution in [0, 0.1) is 0 Å². The lowest BCUT2D eigenvalue weighted by atomic mass is 9.65. The molecule has 1 aromatic heterocycles. The van der Waals surface area contributed by atoms with Gasteiger partial charge in [0, 0.05) is 33.9 Å². The Morgan fingerprint density at radius 1 is 0.281 bits per heavy atom. The number of hydrogen-bond acceptors (Lipinski definition) is 2. The van der Waals surface area contributed by atoms with Crippen LogP contribution in [0.25, 0.3) is 44.2 Å². The van der Waals surface area contributed by atoms with E-state index >= 15 is 0 Å². The molecule has 0 radical (unpaired) electrons. The van der Waals surface area contributed by atoms with Gasteiger partial charge < -0.3 is 9.32 Å². The number of hydrogen-bond donors (Lipinski definition) is 0. The third kappa shape index (κ3) is 6.18. The molecular formula is C55H39NO. The van der Waals surface area contributed by atoms with Crippen molar-refractivity contribution in [1.82, 2.24) is 0 Å². The quantitative estimate of drug-likeness (QED) is 0.138. The lowest BCUT2D eigenvalue weighted by Gasteiger charge is -2.37. The van der Waals surface area contributed by atoms with Crippen LogP contribution in [0.5, 0.6) is 0 Å². The fraction of sp³-hybridized carbons (Fsp3) is 0.0182. The van der Waals surface area contributed by atoms with Crippen molar-refractivity contribution in [2.75, 3.05) is 4.90 Å². The summed E-state index contributed by atoms with van der Waals surface area (Å²) in [7, 11) is 0. The lowest BCUT2D eigenvalue weighted by Crippen LogP contribution is -2.31.